The lowest BCUT2D eigenvalue weighted by molar-refractivity contribution is 0.0898. The van der Waals surface area contributed by atoms with Gasteiger partial charge in [-0.3, -0.25) is 9.69 Å². The second-order valence-corrected chi connectivity index (χ2v) is 8.42. The third kappa shape index (κ3) is 3.28. The number of methoxy groups -OCH3 is 1. The van der Waals surface area contributed by atoms with Crippen LogP contribution < -0.4 is 10.1 Å². The number of amides is 1. The summed E-state index contributed by atoms with van der Waals surface area (Å²) in [6, 6.07) is 8.62. The minimum Gasteiger partial charge on any atom is -0.497 e. The highest BCUT2D eigenvalue weighted by Crippen LogP contribution is 2.33. The van der Waals surface area contributed by atoms with Crippen LogP contribution >= 0.6 is 0 Å². The van der Waals surface area contributed by atoms with Gasteiger partial charge in [0.25, 0.3) is 5.91 Å². The van der Waals surface area contributed by atoms with E-state index in [1.54, 1.807) is 7.11 Å². The number of carbonyl (C=O) groups is 1. The Kier molecular flexibility index (Phi) is 4.55. The van der Waals surface area contributed by atoms with Crippen molar-refractivity contribution in [3.8, 4) is 5.75 Å². The molecule has 0 bridgehead atoms. The summed E-state index contributed by atoms with van der Waals surface area (Å²) in [5.74, 6) is 3.43. The lowest BCUT2D eigenvalue weighted by Crippen LogP contribution is -2.41. The van der Waals surface area contributed by atoms with Gasteiger partial charge in [-0.25, -0.2) is 0 Å². The van der Waals surface area contributed by atoms with E-state index < -0.39 is 0 Å². The molecule has 2 atom stereocenters. The number of aromatic nitrogens is 3. The summed E-state index contributed by atoms with van der Waals surface area (Å²) in [6.45, 7) is 3.89. The van der Waals surface area contributed by atoms with Crippen LogP contribution in [0.5, 0.6) is 5.75 Å². The number of rotatable bonds is 5. The molecule has 1 amide bonds. The van der Waals surface area contributed by atoms with Gasteiger partial charge in [0.15, 0.2) is 0 Å². The molecule has 7 nitrogen and oxygen atoms in total. The molecule has 7 heteroatoms. The number of hydrogen-bond donors (Lipinski definition) is 1. The zero-order chi connectivity index (χ0) is 19.1. The van der Waals surface area contributed by atoms with Gasteiger partial charge in [-0.15, -0.1) is 10.2 Å². The highest BCUT2D eigenvalue weighted by molar-refractivity contribution is 5.91. The van der Waals surface area contributed by atoms with E-state index in [9.17, 15) is 4.79 Å². The number of carbonyl (C=O) groups excluding carboxylic acids is 1. The molecule has 1 saturated carbocycles. The van der Waals surface area contributed by atoms with Gasteiger partial charge in [0.2, 0.25) is 5.82 Å². The number of fused-ring (bicyclic) bond motifs is 2. The Balaban J connectivity index is 1.25. The van der Waals surface area contributed by atoms with Crippen molar-refractivity contribution in [2.24, 2.45) is 11.8 Å². The summed E-state index contributed by atoms with van der Waals surface area (Å²) < 4.78 is 7.41. The maximum Gasteiger partial charge on any atom is 0.289 e. The van der Waals surface area contributed by atoms with Crippen LogP contribution in [0.15, 0.2) is 24.3 Å². The van der Waals surface area contributed by atoms with Crippen LogP contribution in [0.1, 0.15) is 41.3 Å². The smallest absolute Gasteiger partial charge is 0.289 e. The standard InChI is InChI=1S/C21H27N5O2/c1-28-18-7-2-4-14(8-18)10-25-11-15-9-19-23-24-20(26(19)13-16(15)12-25)21(27)22-17-5-3-6-17/h2,4,7-8,15-17H,3,5-6,9-13H2,1H3,(H,22,27)/t15-,16+/m1/s1. The molecule has 0 spiro atoms. The zero-order valence-corrected chi connectivity index (χ0v) is 16.3. The molecule has 1 saturated heterocycles. The second-order valence-electron chi connectivity index (χ2n) is 8.42. The molecule has 5 rings (SSSR count). The van der Waals surface area contributed by atoms with E-state index in [2.05, 4.69) is 37.1 Å². The first kappa shape index (κ1) is 17.7. The topological polar surface area (TPSA) is 72.3 Å². The number of nitrogens with zero attached hydrogens (tertiary/aromatic N) is 4. The van der Waals surface area contributed by atoms with Gasteiger partial charge >= 0.3 is 0 Å². The number of nitrogens with one attached hydrogen (secondary N) is 1. The van der Waals surface area contributed by atoms with Gasteiger partial charge in [0.1, 0.15) is 11.6 Å². The van der Waals surface area contributed by atoms with Crippen LogP contribution in [-0.2, 0) is 19.5 Å². The zero-order valence-electron chi connectivity index (χ0n) is 16.3. The van der Waals surface area contributed by atoms with Gasteiger partial charge in [-0.2, -0.15) is 0 Å². The molecule has 1 N–H and O–H groups in total. The molecule has 3 heterocycles. The summed E-state index contributed by atoms with van der Waals surface area (Å²) in [6.07, 6.45) is 4.27. The highest BCUT2D eigenvalue weighted by Gasteiger charge is 2.39. The van der Waals surface area contributed by atoms with Gasteiger partial charge in [-0.1, -0.05) is 12.1 Å². The molecule has 1 aliphatic carbocycles. The van der Waals surface area contributed by atoms with Gasteiger partial charge in [0, 0.05) is 38.6 Å². The summed E-state index contributed by atoms with van der Waals surface area (Å²) in [5.41, 5.74) is 1.28. The third-order valence-corrected chi connectivity index (χ3v) is 6.53. The van der Waals surface area contributed by atoms with Crippen molar-refractivity contribution < 1.29 is 9.53 Å². The summed E-state index contributed by atoms with van der Waals surface area (Å²) in [4.78, 5) is 15.1. The maximum absolute atomic E-state index is 12.6. The second kappa shape index (κ2) is 7.20. The molecule has 28 heavy (non-hydrogen) atoms. The first-order chi connectivity index (χ1) is 13.7. The summed E-state index contributed by atoms with van der Waals surface area (Å²) >= 11 is 0. The molecule has 2 aromatic rings. The number of hydrogen-bond acceptors (Lipinski definition) is 5. The van der Waals surface area contributed by atoms with E-state index in [0.29, 0.717) is 23.7 Å². The molecule has 148 valence electrons. The first-order valence-corrected chi connectivity index (χ1v) is 10.3. The van der Waals surface area contributed by atoms with E-state index >= 15 is 0 Å². The predicted molar refractivity (Wildman–Crippen MR) is 104 cm³/mol. The van der Waals surface area contributed by atoms with Crippen LogP contribution in [0.25, 0.3) is 0 Å². The van der Waals surface area contributed by atoms with Crippen molar-refractivity contribution in [3.63, 3.8) is 0 Å². The van der Waals surface area contributed by atoms with Gasteiger partial charge in [0.05, 0.1) is 7.11 Å². The molecular formula is C21H27N5O2. The van der Waals surface area contributed by atoms with Crippen LogP contribution in [0, 0.1) is 11.8 Å². The van der Waals surface area contributed by atoms with Crippen molar-refractivity contribution in [1.29, 1.82) is 0 Å². The molecule has 2 aliphatic heterocycles. The number of likely N-dealkylation sites (tertiary alicyclic amines) is 1. The van der Waals surface area contributed by atoms with Crippen LogP contribution in [0.2, 0.25) is 0 Å². The Morgan fingerprint density at radius 3 is 2.86 bits per heavy atom. The number of ether oxygens (including phenoxy) is 1. The minimum absolute atomic E-state index is 0.0619. The highest BCUT2D eigenvalue weighted by atomic mass is 16.5. The van der Waals surface area contributed by atoms with Crippen molar-refractivity contribution in [2.45, 2.75) is 44.8 Å². The molecule has 1 aromatic carbocycles. The Morgan fingerprint density at radius 1 is 1.21 bits per heavy atom. The molecule has 1 aromatic heterocycles. The molecular weight excluding hydrogens is 354 g/mol. The van der Waals surface area contributed by atoms with E-state index in [4.69, 9.17) is 4.74 Å². The molecule has 3 aliphatic rings. The average Bonchev–Trinajstić information content (AvgIpc) is 3.25. The largest absolute Gasteiger partial charge is 0.497 e. The Bertz CT molecular complexity index is 875. The Hall–Kier alpha value is -2.41. The van der Waals surface area contributed by atoms with Crippen molar-refractivity contribution >= 4 is 5.91 Å². The van der Waals surface area contributed by atoms with Crippen molar-refractivity contribution in [2.75, 3.05) is 20.2 Å². The van der Waals surface area contributed by atoms with E-state index in [-0.39, 0.29) is 5.91 Å². The van der Waals surface area contributed by atoms with Crippen LogP contribution in [-0.4, -0.2) is 51.8 Å². The van der Waals surface area contributed by atoms with E-state index in [0.717, 1.165) is 57.0 Å². The summed E-state index contributed by atoms with van der Waals surface area (Å²) in [7, 11) is 1.71. The maximum atomic E-state index is 12.6. The fourth-order valence-electron chi connectivity index (χ4n) is 4.75. The van der Waals surface area contributed by atoms with Crippen molar-refractivity contribution in [1.82, 2.24) is 25.0 Å². The Labute approximate surface area is 165 Å². The SMILES string of the molecule is COc1cccc(CN2C[C@H]3Cc4nnc(C(=O)NC5CCC5)n4C[C@@H]3C2)c1. The minimum atomic E-state index is -0.0619. The molecule has 2 fully saturated rings. The summed E-state index contributed by atoms with van der Waals surface area (Å²) in [5, 5.41) is 11.7. The van der Waals surface area contributed by atoms with Crippen molar-refractivity contribution in [3.05, 3.63) is 41.5 Å². The predicted octanol–water partition coefficient (Wildman–Crippen LogP) is 1.87. The molecule has 0 radical (unpaired) electrons. The van der Waals surface area contributed by atoms with Crippen LogP contribution in [0.3, 0.4) is 0 Å². The van der Waals surface area contributed by atoms with E-state index in [1.165, 1.54) is 12.0 Å². The number of benzene rings is 1. The normalized spacial score (nSPS) is 24.3. The monoisotopic (exact) mass is 381 g/mol. The van der Waals surface area contributed by atoms with Gasteiger partial charge in [-0.05, 0) is 48.8 Å². The van der Waals surface area contributed by atoms with Gasteiger partial charge < -0.3 is 14.6 Å². The fraction of sp³-hybridized carbons (Fsp3) is 0.571. The third-order valence-electron chi connectivity index (χ3n) is 6.53. The quantitative estimate of drug-likeness (QED) is 0.856. The lowest BCUT2D eigenvalue weighted by Gasteiger charge is -2.28. The van der Waals surface area contributed by atoms with Crippen LogP contribution in [0.4, 0.5) is 0 Å². The Morgan fingerprint density at radius 2 is 2.07 bits per heavy atom. The fourth-order valence-corrected chi connectivity index (χ4v) is 4.75. The first-order valence-electron chi connectivity index (χ1n) is 10.3. The van der Waals surface area contributed by atoms with E-state index in [1.807, 2.05) is 12.1 Å². The molecule has 0 unspecified atom stereocenters. The average molecular weight is 381 g/mol. The lowest BCUT2D eigenvalue weighted by atomic mass is 9.89.